The number of benzene rings is 1. The minimum atomic E-state index is -0.612. The maximum atomic E-state index is 13.1. The minimum Gasteiger partial charge on any atom is -0.377 e. The summed E-state index contributed by atoms with van der Waals surface area (Å²) in [4.78, 5) is 11.1. The van der Waals surface area contributed by atoms with Gasteiger partial charge < -0.3 is 4.74 Å². The Morgan fingerprint density at radius 1 is 1.40 bits per heavy atom. The summed E-state index contributed by atoms with van der Waals surface area (Å²) in [5.74, 6) is -1.32. The van der Waals surface area contributed by atoms with Gasteiger partial charge in [-0.1, -0.05) is 6.07 Å². The molecule has 1 aromatic rings. The second-order valence-corrected chi connectivity index (χ2v) is 3.21. The van der Waals surface area contributed by atoms with E-state index < -0.39 is 11.6 Å². The van der Waals surface area contributed by atoms with Crippen LogP contribution in [0.1, 0.15) is 12.0 Å². The van der Waals surface area contributed by atoms with Crippen LogP contribution in [0, 0.1) is 11.6 Å². The Balaban J connectivity index is 2.54. The molecule has 0 amide bonds. The molecule has 0 radical (unpaired) electrons. The van der Waals surface area contributed by atoms with Crippen molar-refractivity contribution in [2.75, 3.05) is 13.7 Å². The van der Waals surface area contributed by atoms with Crippen LogP contribution in [0.5, 0.6) is 0 Å². The van der Waals surface area contributed by atoms with Gasteiger partial charge in [-0.3, -0.25) is 4.79 Å². The Kier molecular flexibility index (Phi) is 4.37. The van der Waals surface area contributed by atoms with E-state index in [0.717, 1.165) is 6.07 Å². The van der Waals surface area contributed by atoms with Gasteiger partial charge in [0.05, 0.1) is 0 Å². The predicted molar refractivity (Wildman–Crippen MR) is 51.6 cm³/mol. The number of halogens is 2. The summed E-state index contributed by atoms with van der Waals surface area (Å²) in [7, 11) is 1.43. The highest BCUT2D eigenvalue weighted by molar-refractivity contribution is 5.79. The molecule has 0 atom stereocenters. The smallest absolute Gasteiger partial charge is 0.158 e. The zero-order valence-electron chi connectivity index (χ0n) is 8.43. The van der Waals surface area contributed by atoms with Gasteiger partial charge >= 0.3 is 0 Å². The number of aryl methyl sites for hydroxylation is 1. The molecular weight excluding hydrogens is 202 g/mol. The first-order chi connectivity index (χ1) is 7.13. The van der Waals surface area contributed by atoms with E-state index in [9.17, 15) is 13.6 Å². The fraction of sp³-hybridized carbons (Fsp3) is 0.364. The summed E-state index contributed by atoms with van der Waals surface area (Å²) in [6.07, 6.45) is 0.477. The Morgan fingerprint density at radius 3 is 2.73 bits per heavy atom. The maximum absolute atomic E-state index is 13.1. The third-order valence-electron chi connectivity index (χ3n) is 1.99. The molecule has 0 saturated heterocycles. The van der Waals surface area contributed by atoms with Gasteiger partial charge in [-0.2, -0.15) is 0 Å². The third kappa shape index (κ3) is 3.75. The summed E-state index contributed by atoms with van der Waals surface area (Å²) in [5.41, 5.74) is 0.348. The third-order valence-corrected chi connectivity index (χ3v) is 1.99. The molecule has 1 rings (SSSR count). The van der Waals surface area contributed by atoms with Crippen LogP contribution in [0.4, 0.5) is 8.78 Å². The van der Waals surface area contributed by atoms with Crippen molar-refractivity contribution in [3.8, 4) is 0 Å². The molecule has 4 heteroatoms. The zero-order valence-corrected chi connectivity index (χ0v) is 8.43. The van der Waals surface area contributed by atoms with Gasteiger partial charge in [-0.25, -0.2) is 8.78 Å². The number of carbonyl (C=O) groups is 1. The largest absolute Gasteiger partial charge is 0.377 e. The van der Waals surface area contributed by atoms with Gasteiger partial charge in [0.2, 0.25) is 0 Å². The van der Waals surface area contributed by atoms with Gasteiger partial charge in [-0.05, 0) is 18.1 Å². The van der Waals surface area contributed by atoms with Crippen molar-refractivity contribution < 1.29 is 18.3 Å². The van der Waals surface area contributed by atoms with Gasteiger partial charge in [0.15, 0.2) is 5.78 Å². The van der Waals surface area contributed by atoms with Crippen LogP contribution in [0.3, 0.4) is 0 Å². The molecule has 0 bridgehead atoms. The van der Waals surface area contributed by atoms with E-state index in [-0.39, 0.29) is 25.2 Å². The molecule has 15 heavy (non-hydrogen) atoms. The van der Waals surface area contributed by atoms with Crippen LogP contribution < -0.4 is 0 Å². The molecule has 0 unspecified atom stereocenters. The molecule has 0 heterocycles. The van der Waals surface area contributed by atoms with E-state index in [1.54, 1.807) is 0 Å². The van der Waals surface area contributed by atoms with E-state index in [2.05, 4.69) is 4.74 Å². The Morgan fingerprint density at radius 2 is 2.13 bits per heavy atom. The van der Waals surface area contributed by atoms with Gasteiger partial charge in [0, 0.05) is 19.6 Å². The molecular formula is C11H12F2O2. The second-order valence-electron chi connectivity index (χ2n) is 3.21. The van der Waals surface area contributed by atoms with Crippen molar-refractivity contribution in [3.63, 3.8) is 0 Å². The number of methoxy groups -OCH3 is 1. The molecule has 2 nitrogen and oxygen atoms in total. The average molecular weight is 214 g/mol. The predicted octanol–water partition coefficient (Wildman–Crippen LogP) is 2.11. The number of Topliss-reactive ketones (excluding diaryl/α,β-unsaturated/α-hetero) is 1. The lowest BCUT2D eigenvalue weighted by molar-refractivity contribution is -0.122. The molecule has 82 valence electrons. The molecule has 0 aliphatic rings. The standard InChI is InChI=1S/C11H12F2O2/c1-15-7-10(14)5-3-8-2-4-9(12)6-11(8)13/h2,4,6H,3,5,7H2,1H3. The van der Waals surface area contributed by atoms with Gasteiger partial charge in [0.1, 0.15) is 18.2 Å². The van der Waals surface area contributed by atoms with Crippen molar-refractivity contribution in [1.82, 2.24) is 0 Å². The van der Waals surface area contributed by atoms with Gasteiger partial charge in [-0.15, -0.1) is 0 Å². The summed E-state index contributed by atoms with van der Waals surface area (Å²) < 4.78 is 30.3. The first kappa shape index (κ1) is 11.8. The van der Waals surface area contributed by atoms with E-state index in [1.165, 1.54) is 19.2 Å². The molecule has 0 N–H and O–H groups in total. The van der Waals surface area contributed by atoms with E-state index in [1.807, 2.05) is 0 Å². The highest BCUT2D eigenvalue weighted by Gasteiger charge is 2.06. The van der Waals surface area contributed by atoms with Crippen LogP contribution in [0.15, 0.2) is 18.2 Å². The van der Waals surface area contributed by atoms with E-state index in [0.29, 0.717) is 5.56 Å². The highest BCUT2D eigenvalue weighted by atomic mass is 19.1. The lowest BCUT2D eigenvalue weighted by atomic mass is 10.1. The van der Waals surface area contributed by atoms with Crippen molar-refractivity contribution in [2.45, 2.75) is 12.8 Å². The molecule has 0 saturated carbocycles. The first-order valence-electron chi connectivity index (χ1n) is 4.58. The number of ether oxygens (including phenoxy) is 1. The number of hydrogen-bond donors (Lipinski definition) is 0. The summed E-state index contributed by atoms with van der Waals surface area (Å²) >= 11 is 0. The highest BCUT2D eigenvalue weighted by Crippen LogP contribution is 2.11. The van der Waals surface area contributed by atoms with Crippen LogP contribution in [0.25, 0.3) is 0 Å². The molecule has 0 aromatic heterocycles. The normalized spacial score (nSPS) is 10.3. The van der Waals surface area contributed by atoms with E-state index in [4.69, 9.17) is 0 Å². The fourth-order valence-electron chi connectivity index (χ4n) is 1.23. The quantitative estimate of drug-likeness (QED) is 0.750. The van der Waals surface area contributed by atoms with Crippen LogP contribution in [0.2, 0.25) is 0 Å². The topological polar surface area (TPSA) is 26.3 Å². The molecule has 0 aliphatic heterocycles. The summed E-state index contributed by atoms with van der Waals surface area (Å²) in [5, 5.41) is 0. The summed E-state index contributed by atoms with van der Waals surface area (Å²) in [6, 6.07) is 3.35. The molecule has 0 spiro atoms. The van der Waals surface area contributed by atoms with Crippen molar-refractivity contribution in [1.29, 1.82) is 0 Å². The average Bonchev–Trinajstić information content (AvgIpc) is 2.17. The SMILES string of the molecule is COCC(=O)CCc1ccc(F)cc1F. The monoisotopic (exact) mass is 214 g/mol. The first-order valence-corrected chi connectivity index (χ1v) is 4.58. The number of rotatable bonds is 5. The van der Waals surface area contributed by atoms with Crippen molar-refractivity contribution in [3.05, 3.63) is 35.4 Å². The Labute approximate surface area is 86.9 Å². The second kappa shape index (κ2) is 5.56. The van der Waals surface area contributed by atoms with E-state index >= 15 is 0 Å². The maximum Gasteiger partial charge on any atom is 0.158 e. The number of ketones is 1. The summed E-state index contributed by atoms with van der Waals surface area (Å²) in [6.45, 7) is 0.0306. The number of carbonyl (C=O) groups excluding carboxylic acids is 1. The van der Waals surface area contributed by atoms with Gasteiger partial charge in [0.25, 0.3) is 0 Å². The molecule has 0 aliphatic carbocycles. The van der Waals surface area contributed by atoms with Crippen LogP contribution >= 0.6 is 0 Å². The zero-order chi connectivity index (χ0) is 11.3. The lowest BCUT2D eigenvalue weighted by Crippen LogP contribution is -2.08. The Bertz CT molecular complexity index is 350. The molecule has 1 aromatic carbocycles. The number of hydrogen-bond acceptors (Lipinski definition) is 2. The van der Waals surface area contributed by atoms with Crippen molar-refractivity contribution >= 4 is 5.78 Å². The van der Waals surface area contributed by atoms with Crippen LogP contribution in [-0.2, 0) is 16.0 Å². The van der Waals surface area contributed by atoms with Crippen molar-refractivity contribution in [2.24, 2.45) is 0 Å². The lowest BCUT2D eigenvalue weighted by Gasteiger charge is -2.02. The fourth-order valence-corrected chi connectivity index (χ4v) is 1.23. The minimum absolute atomic E-state index is 0.0306. The molecule has 0 fully saturated rings. The Hall–Kier alpha value is -1.29. The van der Waals surface area contributed by atoms with Crippen LogP contribution in [-0.4, -0.2) is 19.5 Å².